The molecule has 6 nitrogen and oxygen atoms in total. The monoisotopic (exact) mass is 352 g/mol. The molecule has 6 heteroatoms. The van der Waals surface area contributed by atoms with E-state index in [0.717, 1.165) is 55.4 Å². The molecule has 3 N–H and O–H groups in total. The van der Waals surface area contributed by atoms with Gasteiger partial charge in [-0.3, -0.25) is 0 Å². The summed E-state index contributed by atoms with van der Waals surface area (Å²) in [4.78, 5) is 13.6. The summed E-state index contributed by atoms with van der Waals surface area (Å²) < 4.78 is 0. The number of rotatable bonds is 3. The first-order valence-corrected chi connectivity index (χ1v) is 9.18. The summed E-state index contributed by atoms with van der Waals surface area (Å²) in [5, 5.41) is 3.39. The fourth-order valence-electron chi connectivity index (χ4n) is 3.05. The number of anilines is 1. The highest BCUT2D eigenvalue weighted by Crippen LogP contribution is 2.30. The number of amidine groups is 1. The molecular formula is C20H28N6. The second-order valence-electron chi connectivity index (χ2n) is 6.65. The summed E-state index contributed by atoms with van der Waals surface area (Å²) >= 11 is 0. The lowest BCUT2D eigenvalue weighted by atomic mass is 10.0. The molecule has 0 aromatic carbocycles. The van der Waals surface area contributed by atoms with Crippen molar-refractivity contribution < 1.29 is 0 Å². The lowest BCUT2D eigenvalue weighted by molar-refractivity contribution is 0.356. The molecule has 2 aliphatic heterocycles. The van der Waals surface area contributed by atoms with Crippen LogP contribution >= 0.6 is 0 Å². The molecule has 1 saturated heterocycles. The van der Waals surface area contributed by atoms with Gasteiger partial charge in [0, 0.05) is 56.8 Å². The second kappa shape index (κ2) is 8.19. The van der Waals surface area contributed by atoms with Gasteiger partial charge in [-0.25, -0.2) is 9.98 Å². The first-order valence-electron chi connectivity index (χ1n) is 9.18. The predicted molar refractivity (Wildman–Crippen MR) is 108 cm³/mol. The van der Waals surface area contributed by atoms with Crippen LogP contribution in [0.15, 0.2) is 53.1 Å². The van der Waals surface area contributed by atoms with Gasteiger partial charge in [-0.05, 0) is 31.6 Å². The van der Waals surface area contributed by atoms with Crippen LogP contribution in [0, 0.1) is 0 Å². The average molecular weight is 352 g/mol. The highest BCUT2D eigenvalue weighted by Gasteiger charge is 2.20. The molecule has 0 spiro atoms. The maximum Gasteiger partial charge on any atom is 0.142 e. The number of hydrogen-bond acceptors (Lipinski definition) is 6. The molecule has 1 aromatic heterocycles. The molecule has 1 aromatic rings. The van der Waals surface area contributed by atoms with Crippen LogP contribution in [0.25, 0.3) is 5.57 Å². The van der Waals surface area contributed by atoms with Gasteiger partial charge in [0.1, 0.15) is 17.5 Å². The molecule has 0 aliphatic carbocycles. The zero-order valence-electron chi connectivity index (χ0n) is 15.9. The molecule has 3 rings (SSSR count). The van der Waals surface area contributed by atoms with Crippen molar-refractivity contribution in [2.45, 2.75) is 20.3 Å². The summed E-state index contributed by atoms with van der Waals surface area (Å²) in [5.74, 6) is 2.42. The minimum absolute atomic E-state index is 0.525. The van der Waals surface area contributed by atoms with E-state index in [2.05, 4.69) is 47.4 Å². The van der Waals surface area contributed by atoms with Gasteiger partial charge in [-0.1, -0.05) is 18.6 Å². The zero-order valence-corrected chi connectivity index (χ0v) is 15.9. The van der Waals surface area contributed by atoms with Crippen LogP contribution in [0.5, 0.6) is 0 Å². The van der Waals surface area contributed by atoms with Crippen LogP contribution < -0.4 is 11.1 Å². The normalized spacial score (nSPS) is 20.3. The van der Waals surface area contributed by atoms with Crippen LogP contribution in [-0.2, 0) is 0 Å². The largest absolute Gasteiger partial charge is 0.383 e. The van der Waals surface area contributed by atoms with Crippen LogP contribution in [0.1, 0.15) is 25.8 Å². The van der Waals surface area contributed by atoms with E-state index >= 15 is 0 Å². The third kappa shape index (κ3) is 3.96. The Bertz CT molecular complexity index is 768. The summed E-state index contributed by atoms with van der Waals surface area (Å²) in [6.45, 7) is 8.19. The Balaban J connectivity index is 2.11. The molecule has 1 fully saturated rings. The lowest BCUT2D eigenvalue weighted by Crippen LogP contribution is -2.46. The van der Waals surface area contributed by atoms with Gasteiger partial charge in [-0.15, -0.1) is 0 Å². The fraction of sp³-hybridized carbons (Fsp3) is 0.400. The Labute approximate surface area is 155 Å². The number of nitrogens with one attached hydrogen (secondary N) is 1. The molecule has 3 heterocycles. The van der Waals surface area contributed by atoms with Gasteiger partial charge in [-0.2, -0.15) is 0 Å². The van der Waals surface area contributed by atoms with E-state index in [1.54, 1.807) is 6.20 Å². The smallest absolute Gasteiger partial charge is 0.142 e. The Hall–Kier alpha value is -2.60. The number of aliphatic imine (C=N–C) groups is 1. The Morgan fingerprint density at radius 2 is 2.12 bits per heavy atom. The highest BCUT2D eigenvalue weighted by molar-refractivity contribution is 5.96. The molecule has 0 amide bonds. The van der Waals surface area contributed by atoms with Crippen LogP contribution in [0.3, 0.4) is 0 Å². The molecule has 0 unspecified atom stereocenters. The number of hydrogen-bond donors (Lipinski definition) is 2. The van der Waals surface area contributed by atoms with Gasteiger partial charge in [0.25, 0.3) is 0 Å². The number of nitrogen functional groups attached to an aromatic ring is 1. The van der Waals surface area contributed by atoms with Crippen molar-refractivity contribution in [1.29, 1.82) is 0 Å². The molecule has 0 saturated carbocycles. The summed E-state index contributed by atoms with van der Waals surface area (Å²) in [7, 11) is 2.02. The maximum atomic E-state index is 6.19. The average Bonchev–Trinajstić information content (AvgIpc) is 2.68. The van der Waals surface area contributed by atoms with Gasteiger partial charge in [0.15, 0.2) is 0 Å². The van der Waals surface area contributed by atoms with Crippen molar-refractivity contribution in [2.24, 2.45) is 4.99 Å². The molecule has 0 atom stereocenters. The highest BCUT2D eigenvalue weighted by atomic mass is 15.3. The molecular weight excluding hydrogens is 324 g/mol. The van der Waals surface area contributed by atoms with Gasteiger partial charge in [0.2, 0.25) is 0 Å². The number of nitrogens with zero attached hydrogens (tertiary/aromatic N) is 4. The van der Waals surface area contributed by atoms with Crippen molar-refractivity contribution in [3.8, 4) is 0 Å². The predicted octanol–water partition coefficient (Wildman–Crippen LogP) is 2.45. The summed E-state index contributed by atoms with van der Waals surface area (Å²) in [6.07, 6.45) is 9.02. The van der Waals surface area contributed by atoms with E-state index in [1.807, 2.05) is 24.1 Å². The molecule has 26 heavy (non-hydrogen) atoms. The van der Waals surface area contributed by atoms with Crippen molar-refractivity contribution in [1.82, 2.24) is 20.1 Å². The molecule has 138 valence electrons. The Morgan fingerprint density at radius 1 is 1.35 bits per heavy atom. The SMILES string of the molecule is CCC(C)=C/C(=C1/N=C(N2CCNCC2)C=CN1C)c1cccnc1N. The Kier molecular flexibility index (Phi) is 5.73. The number of nitrogens with two attached hydrogens (primary N) is 1. The van der Waals surface area contributed by atoms with E-state index in [0.29, 0.717) is 5.82 Å². The maximum absolute atomic E-state index is 6.19. The van der Waals surface area contributed by atoms with E-state index in [-0.39, 0.29) is 0 Å². The van der Waals surface area contributed by atoms with E-state index in [1.165, 1.54) is 5.57 Å². The fourth-order valence-corrected chi connectivity index (χ4v) is 3.05. The van der Waals surface area contributed by atoms with Gasteiger partial charge >= 0.3 is 0 Å². The summed E-state index contributed by atoms with van der Waals surface area (Å²) in [6, 6.07) is 3.93. The third-order valence-corrected chi connectivity index (χ3v) is 4.76. The topological polar surface area (TPSA) is 69.8 Å². The number of piperazine rings is 1. The van der Waals surface area contributed by atoms with E-state index in [4.69, 9.17) is 10.7 Å². The second-order valence-corrected chi connectivity index (χ2v) is 6.65. The third-order valence-electron chi connectivity index (χ3n) is 4.76. The molecule has 0 bridgehead atoms. The molecule has 2 aliphatic rings. The minimum atomic E-state index is 0.525. The van der Waals surface area contributed by atoms with Crippen LogP contribution in [-0.4, -0.2) is 53.8 Å². The minimum Gasteiger partial charge on any atom is -0.383 e. The van der Waals surface area contributed by atoms with Crippen molar-refractivity contribution >= 4 is 17.2 Å². The van der Waals surface area contributed by atoms with Crippen LogP contribution in [0.4, 0.5) is 5.82 Å². The zero-order chi connectivity index (χ0) is 18.5. The summed E-state index contributed by atoms with van der Waals surface area (Å²) in [5.41, 5.74) is 9.39. The standard InChI is InChI=1S/C20H28N6/c1-4-15(2)14-17(16-6-5-8-23-19(16)21)20-24-18(7-11-25(20)3)26-12-9-22-10-13-26/h5-8,11,14,22H,4,9-10,12-13H2,1-3H3,(H2,21,23)/b15-14?,20-17+. The van der Waals surface area contributed by atoms with E-state index in [9.17, 15) is 0 Å². The van der Waals surface area contributed by atoms with E-state index < -0.39 is 0 Å². The molecule has 0 radical (unpaired) electrons. The van der Waals surface area contributed by atoms with Crippen molar-refractivity contribution in [2.75, 3.05) is 39.0 Å². The number of allylic oxidation sites excluding steroid dienone is 3. The number of pyridine rings is 1. The van der Waals surface area contributed by atoms with Gasteiger partial charge in [0.05, 0.1) is 0 Å². The lowest BCUT2D eigenvalue weighted by Gasteiger charge is -2.32. The van der Waals surface area contributed by atoms with Crippen molar-refractivity contribution in [3.05, 3.63) is 53.6 Å². The number of aromatic nitrogens is 1. The van der Waals surface area contributed by atoms with Gasteiger partial charge < -0.3 is 20.9 Å². The van der Waals surface area contributed by atoms with Crippen LogP contribution in [0.2, 0.25) is 0 Å². The van der Waals surface area contributed by atoms with Crippen molar-refractivity contribution in [3.63, 3.8) is 0 Å². The quantitative estimate of drug-likeness (QED) is 0.874. The Morgan fingerprint density at radius 3 is 2.81 bits per heavy atom. The first kappa shape index (κ1) is 18.2. The first-order chi connectivity index (χ1) is 12.6.